The zero-order valence-corrected chi connectivity index (χ0v) is 22.1. The summed E-state index contributed by atoms with van der Waals surface area (Å²) >= 11 is 0. The first kappa shape index (κ1) is 30.1. The van der Waals surface area contributed by atoms with Gasteiger partial charge < -0.3 is 24.7 Å². The van der Waals surface area contributed by atoms with E-state index in [9.17, 15) is 19.2 Å². The molecule has 0 aliphatic carbocycles. The van der Waals surface area contributed by atoms with Gasteiger partial charge in [-0.15, -0.1) is 0 Å². The first-order chi connectivity index (χ1) is 16.1. The van der Waals surface area contributed by atoms with Gasteiger partial charge in [-0.05, 0) is 71.6 Å². The number of hydrogen-bond donors (Lipinski definition) is 1. The second kappa shape index (κ2) is 12.7. The molecular formula is C26H39NO8. The molecule has 1 rings (SSSR count). The Morgan fingerprint density at radius 2 is 1.43 bits per heavy atom. The van der Waals surface area contributed by atoms with Gasteiger partial charge in [0.1, 0.15) is 18.8 Å². The molecule has 0 unspecified atom stereocenters. The van der Waals surface area contributed by atoms with Crippen LogP contribution in [0.25, 0.3) is 0 Å². The maximum absolute atomic E-state index is 12.7. The molecule has 9 nitrogen and oxygen atoms in total. The van der Waals surface area contributed by atoms with Gasteiger partial charge >= 0.3 is 23.9 Å². The molecule has 35 heavy (non-hydrogen) atoms. The van der Waals surface area contributed by atoms with Crippen LogP contribution in [-0.2, 0) is 35.1 Å². The van der Waals surface area contributed by atoms with E-state index in [1.165, 1.54) is 19.1 Å². The lowest BCUT2D eigenvalue weighted by molar-refractivity contribution is -0.157. The van der Waals surface area contributed by atoms with Crippen LogP contribution in [0.3, 0.4) is 0 Å². The maximum Gasteiger partial charge on any atom is 0.323 e. The van der Waals surface area contributed by atoms with E-state index in [2.05, 4.69) is 0 Å². The SMILES string of the molecule is CCC(C)(C)C(=O)Oc1ccc(C[C@H](N)C(=O)O[C@@H](C)COC(C)=O)cc1OC(=O)C(C)(C)CC. The molecule has 9 heteroatoms. The van der Waals surface area contributed by atoms with Crippen LogP contribution in [0.4, 0.5) is 0 Å². The Labute approximate surface area is 207 Å². The maximum atomic E-state index is 12.7. The van der Waals surface area contributed by atoms with Crippen LogP contribution >= 0.6 is 0 Å². The van der Waals surface area contributed by atoms with Gasteiger partial charge in [0.25, 0.3) is 0 Å². The fourth-order valence-corrected chi connectivity index (χ4v) is 2.50. The molecule has 2 atom stereocenters. The number of benzene rings is 1. The fourth-order valence-electron chi connectivity index (χ4n) is 2.50. The average Bonchev–Trinajstić information content (AvgIpc) is 2.78. The van der Waals surface area contributed by atoms with Crippen LogP contribution in [0.15, 0.2) is 18.2 Å². The molecule has 0 bridgehead atoms. The van der Waals surface area contributed by atoms with Gasteiger partial charge in [0.15, 0.2) is 11.5 Å². The van der Waals surface area contributed by atoms with Crippen LogP contribution in [0.5, 0.6) is 11.5 Å². The molecule has 1 aromatic rings. The van der Waals surface area contributed by atoms with Gasteiger partial charge in [0.05, 0.1) is 10.8 Å². The highest BCUT2D eigenvalue weighted by Crippen LogP contribution is 2.34. The second-order valence-corrected chi connectivity index (χ2v) is 9.90. The first-order valence-electron chi connectivity index (χ1n) is 11.8. The molecule has 1 aromatic carbocycles. The molecule has 0 heterocycles. The zero-order valence-electron chi connectivity index (χ0n) is 22.1. The molecule has 0 fully saturated rings. The molecule has 2 N–H and O–H groups in total. The van der Waals surface area contributed by atoms with E-state index >= 15 is 0 Å². The lowest BCUT2D eigenvalue weighted by Gasteiger charge is -2.23. The summed E-state index contributed by atoms with van der Waals surface area (Å²) in [4.78, 5) is 48.6. The van der Waals surface area contributed by atoms with Crippen molar-refractivity contribution in [3.63, 3.8) is 0 Å². The van der Waals surface area contributed by atoms with Gasteiger partial charge in [0.2, 0.25) is 0 Å². The highest BCUT2D eigenvalue weighted by Gasteiger charge is 2.31. The molecule has 0 aliphatic heterocycles. The lowest BCUT2D eigenvalue weighted by Crippen LogP contribution is -2.37. The third-order valence-corrected chi connectivity index (χ3v) is 5.88. The van der Waals surface area contributed by atoms with Crippen molar-refractivity contribution in [1.82, 2.24) is 0 Å². The van der Waals surface area contributed by atoms with Crippen molar-refractivity contribution in [2.45, 2.75) is 86.8 Å². The Morgan fingerprint density at radius 1 is 0.914 bits per heavy atom. The number of hydrogen-bond acceptors (Lipinski definition) is 9. The molecule has 0 aliphatic rings. The number of rotatable bonds is 12. The van der Waals surface area contributed by atoms with Crippen molar-refractivity contribution in [1.29, 1.82) is 0 Å². The number of ether oxygens (including phenoxy) is 4. The van der Waals surface area contributed by atoms with Crippen LogP contribution in [-0.4, -0.2) is 42.6 Å². The Kier molecular flexibility index (Phi) is 10.9. The van der Waals surface area contributed by atoms with Crippen molar-refractivity contribution in [2.75, 3.05) is 6.61 Å². The number of nitrogens with two attached hydrogens (primary N) is 1. The number of esters is 4. The summed E-state index contributed by atoms with van der Waals surface area (Å²) in [7, 11) is 0. The molecule has 0 saturated carbocycles. The highest BCUT2D eigenvalue weighted by molar-refractivity contribution is 5.81. The smallest absolute Gasteiger partial charge is 0.323 e. The molecule has 196 valence electrons. The van der Waals surface area contributed by atoms with Crippen LogP contribution in [0, 0.1) is 10.8 Å². The van der Waals surface area contributed by atoms with Crippen LogP contribution in [0.2, 0.25) is 0 Å². The largest absolute Gasteiger partial charge is 0.462 e. The van der Waals surface area contributed by atoms with Crippen molar-refractivity contribution < 1.29 is 38.1 Å². The summed E-state index contributed by atoms with van der Waals surface area (Å²) in [6.07, 6.45) is 0.532. The molecular weight excluding hydrogens is 454 g/mol. The lowest BCUT2D eigenvalue weighted by atomic mass is 9.90. The normalized spacial score (nSPS) is 13.4. The summed E-state index contributed by atoms with van der Waals surface area (Å²) in [6.45, 7) is 13.6. The Balaban J connectivity index is 3.11. The average molecular weight is 494 g/mol. The quantitative estimate of drug-likeness (QED) is 0.342. The number of carbonyl (C=O) groups excluding carboxylic acids is 4. The van der Waals surface area contributed by atoms with Crippen molar-refractivity contribution in [3.8, 4) is 11.5 Å². The van der Waals surface area contributed by atoms with Crippen molar-refractivity contribution in [3.05, 3.63) is 23.8 Å². The molecule has 0 saturated heterocycles. The van der Waals surface area contributed by atoms with Gasteiger partial charge in [-0.2, -0.15) is 0 Å². The zero-order chi connectivity index (χ0) is 27.0. The van der Waals surface area contributed by atoms with E-state index in [1.54, 1.807) is 40.7 Å². The summed E-state index contributed by atoms with van der Waals surface area (Å²) in [5.41, 5.74) is 5.12. The van der Waals surface area contributed by atoms with E-state index in [1.807, 2.05) is 13.8 Å². The van der Waals surface area contributed by atoms with Gasteiger partial charge in [0, 0.05) is 6.92 Å². The highest BCUT2D eigenvalue weighted by atomic mass is 16.6. The van der Waals surface area contributed by atoms with E-state index in [4.69, 9.17) is 24.7 Å². The van der Waals surface area contributed by atoms with Crippen LogP contribution < -0.4 is 15.2 Å². The summed E-state index contributed by atoms with van der Waals surface area (Å²) in [5.74, 6) is -1.91. The minimum absolute atomic E-state index is 0.0677. The Bertz CT molecular complexity index is 922. The van der Waals surface area contributed by atoms with Crippen molar-refractivity contribution >= 4 is 23.9 Å². The van der Waals surface area contributed by atoms with E-state index in [0.29, 0.717) is 18.4 Å². The molecule has 0 aromatic heterocycles. The van der Waals surface area contributed by atoms with Crippen molar-refractivity contribution in [2.24, 2.45) is 16.6 Å². The third kappa shape index (κ3) is 9.32. The van der Waals surface area contributed by atoms with Gasteiger partial charge in [-0.1, -0.05) is 19.9 Å². The second-order valence-electron chi connectivity index (χ2n) is 9.90. The third-order valence-electron chi connectivity index (χ3n) is 5.88. The monoisotopic (exact) mass is 493 g/mol. The van der Waals surface area contributed by atoms with E-state index in [-0.39, 0.29) is 24.5 Å². The standard InChI is InChI=1S/C26H39NO8/c1-9-25(5,6)23(30)34-20-12-11-18(14-21(20)35-24(31)26(7,8)10-2)13-19(27)22(29)33-16(3)15-32-17(4)28/h11-12,14,16,19H,9-10,13,15,27H2,1-8H3/t16-,19-/m0/s1. The first-order valence-corrected chi connectivity index (χ1v) is 11.8. The van der Waals surface area contributed by atoms with Crippen LogP contribution in [0.1, 0.15) is 73.8 Å². The van der Waals surface area contributed by atoms with E-state index in [0.717, 1.165) is 0 Å². The predicted molar refractivity (Wildman–Crippen MR) is 130 cm³/mol. The summed E-state index contributed by atoms with van der Waals surface area (Å²) in [5, 5.41) is 0. The topological polar surface area (TPSA) is 131 Å². The van der Waals surface area contributed by atoms with Gasteiger partial charge in [-0.25, -0.2) is 0 Å². The summed E-state index contributed by atoms with van der Waals surface area (Å²) in [6, 6.07) is 3.67. The van der Waals surface area contributed by atoms with Gasteiger partial charge in [-0.3, -0.25) is 19.2 Å². The summed E-state index contributed by atoms with van der Waals surface area (Å²) < 4.78 is 21.2. The molecule has 0 amide bonds. The Hall–Kier alpha value is -2.94. The molecule has 0 radical (unpaired) electrons. The fraction of sp³-hybridized carbons (Fsp3) is 0.615. The minimum atomic E-state index is -1.02. The predicted octanol–water partition coefficient (Wildman–Crippen LogP) is 3.73. The minimum Gasteiger partial charge on any atom is -0.462 e. The number of carbonyl (C=O) groups is 4. The molecule has 0 spiro atoms. The Morgan fingerprint density at radius 3 is 1.91 bits per heavy atom. The van der Waals surface area contributed by atoms with E-state index < -0.39 is 46.9 Å².